The fourth-order valence-electron chi connectivity index (χ4n) is 1.81. The van der Waals surface area contributed by atoms with Crippen LogP contribution >= 0.6 is 31.9 Å². The molecule has 0 aliphatic rings. The Kier molecular flexibility index (Phi) is 5.07. The molecule has 2 rings (SSSR count). The van der Waals surface area contributed by atoms with Gasteiger partial charge in [0.15, 0.2) is 0 Å². The van der Waals surface area contributed by atoms with Gasteiger partial charge in [-0.2, -0.15) is 0 Å². The lowest BCUT2D eigenvalue weighted by atomic mass is 10.1. The number of ether oxygens (including phenoxy) is 2. The van der Waals surface area contributed by atoms with Gasteiger partial charge in [0.25, 0.3) is 0 Å². The zero-order chi connectivity index (χ0) is 14.7. The first kappa shape index (κ1) is 15.4. The summed E-state index contributed by atoms with van der Waals surface area (Å²) >= 11 is 6.94. The van der Waals surface area contributed by atoms with E-state index in [9.17, 15) is 0 Å². The van der Waals surface area contributed by atoms with Crippen molar-refractivity contribution in [1.82, 2.24) is 0 Å². The molecule has 2 aromatic carbocycles. The van der Waals surface area contributed by atoms with Gasteiger partial charge in [-0.25, -0.2) is 0 Å². The molecule has 0 spiro atoms. The molecule has 0 aliphatic carbocycles. The lowest BCUT2D eigenvalue weighted by Crippen LogP contribution is -2.06. The van der Waals surface area contributed by atoms with Crippen molar-refractivity contribution < 1.29 is 9.47 Å². The molecule has 2 aromatic rings. The molecule has 0 aromatic heterocycles. The molecular formula is C15H15Br2NO2. The third-order valence-electron chi connectivity index (χ3n) is 2.84. The fraction of sp³-hybridized carbons (Fsp3) is 0.200. The summed E-state index contributed by atoms with van der Waals surface area (Å²) in [5, 5.41) is 0. The molecule has 0 bridgehead atoms. The molecule has 20 heavy (non-hydrogen) atoms. The van der Waals surface area contributed by atoms with Crippen LogP contribution in [0.3, 0.4) is 0 Å². The van der Waals surface area contributed by atoms with Crippen molar-refractivity contribution in [3.05, 3.63) is 50.9 Å². The maximum atomic E-state index is 5.97. The van der Waals surface area contributed by atoms with E-state index < -0.39 is 0 Å². The number of rotatable bonds is 4. The van der Waals surface area contributed by atoms with E-state index in [-0.39, 0.29) is 6.04 Å². The molecule has 0 saturated heterocycles. The number of hydrogen-bond acceptors (Lipinski definition) is 3. The highest BCUT2D eigenvalue weighted by Crippen LogP contribution is 2.39. The molecule has 0 aliphatic heterocycles. The Morgan fingerprint density at radius 1 is 1.00 bits per heavy atom. The Bertz CT molecular complexity index is 615. The van der Waals surface area contributed by atoms with E-state index in [4.69, 9.17) is 15.2 Å². The lowest BCUT2D eigenvalue weighted by molar-refractivity contribution is 0.409. The van der Waals surface area contributed by atoms with E-state index in [1.807, 2.05) is 43.3 Å². The first-order chi connectivity index (χ1) is 9.52. The molecule has 106 valence electrons. The van der Waals surface area contributed by atoms with Gasteiger partial charge < -0.3 is 15.2 Å². The average Bonchev–Trinajstić information content (AvgIpc) is 2.42. The second-order valence-corrected chi connectivity index (χ2v) is 6.05. The predicted molar refractivity (Wildman–Crippen MR) is 87.5 cm³/mol. The highest BCUT2D eigenvalue weighted by molar-refractivity contribution is 9.11. The van der Waals surface area contributed by atoms with Crippen molar-refractivity contribution in [2.24, 2.45) is 5.73 Å². The fourth-order valence-corrected chi connectivity index (χ4v) is 2.70. The summed E-state index contributed by atoms with van der Waals surface area (Å²) in [5.41, 5.74) is 6.92. The van der Waals surface area contributed by atoms with Crippen LogP contribution in [-0.4, -0.2) is 7.11 Å². The van der Waals surface area contributed by atoms with Gasteiger partial charge in [0.2, 0.25) is 0 Å². The molecule has 0 amide bonds. The van der Waals surface area contributed by atoms with E-state index in [2.05, 4.69) is 31.9 Å². The second-order valence-electron chi connectivity index (χ2n) is 4.35. The third-order valence-corrected chi connectivity index (χ3v) is 4.08. The van der Waals surface area contributed by atoms with Gasteiger partial charge in [-0.1, -0.05) is 18.2 Å². The van der Waals surface area contributed by atoms with E-state index >= 15 is 0 Å². The SMILES string of the molecule is COc1cc(Br)c(Oc2ccccc2C(C)N)cc1Br. The van der Waals surface area contributed by atoms with Crippen LogP contribution in [-0.2, 0) is 0 Å². The summed E-state index contributed by atoms with van der Waals surface area (Å²) in [7, 11) is 1.62. The van der Waals surface area contributed by atoms with Gasteiger partial charge in [-0.3, -0.25) is 0 Å². The number of hydrogen-bond donors (Lipinski definition) is 1. The smallest absolute Gasteiger partial charge is 0.143 e. The van der Waals surface area contributed by atoms with Crippen LogP contribution < -0.4 is 15.2 Å². The van der Waals surface area contributed by atoms with Gasteiger partial charge in [0, 0.05) is 11.6 Å². The third kappa shape index (κ3) is 3.34. The lowest BCUT2D eigenvalue weighted by Gasteiger charge is -2.15. The quantitative estimate of drug-likeness (QED) is 0.782. The van der Waals surface area contributed by atoms with Crippen molar-refractivity contribution in [3.63, 3.8) is 0 Å². The van der Waals surface area contributed by atoms with Gasteiger partial charge in [-0.15, -0.1) is 0 Å². The topological polar surface area (TPSA) is 44.5 Å². The van der Waals surface area contributed by atoms with Crippen molar-refractivity contribution in [2.45, 2.75) is 13.0 Å². The zero-order valence-electron chi connectivity index (χ0n) is 11.2. The Balaban J connectivity index is 2.38. The second kappa shape index (κ2) is 6.61. The first-order valence-corrected chi connectivity index (χ1v) is 7.67. The molecule has 2 N–H and O–H groups in total. The van der Waals surface area contributed by atoms with Crippen LogP contribution in [0.4, 0.5) is 0 Å². The minimum absolute atomic E-state index is 0.0911. The molecule has 1 atom stereocenters. The predicted octanol–water partition coefficient (Wildman–Crippen LogP) is 5.03. The molecule has 0 saturated carbocycles. The number of halogens is 2. The van der Waals surface area contributed by atoms with Crippen LogP contribution in [0.1, 0.15) is 18.5 Å². The summed E-state index contributed by atoms with van der Waals surface area (Å²) < 4.78 is 12.9. The Morgan fingerprint density at radius 2 is 1.60 bits per heavy atom. The largest absolute Gasteiger partial charge is 0.496 e. The number of nitrogens with two attached hydrogens (primary N) is 1. The molecule has 3 nitrogen and oxygen atoms in total. The summed E-state index contributed by atoms with van der Waals surface area (Å²) in [5.74, 6) is 2.19. The summed E-state index contributed by atoms with van der Waals surface area (Å²) in [6.45, 7) is 1.93. The zero-order valence-corrected chi connectivity index (χ0v) is 14.4. The van der Waals surface area contributed by atoms with Crippen molar-refractivity contribution >= 4 is 31.9 Å². The molecule has 5 heteroatoms. The Hall–Kier alpha value is -1.04. The van der Waals surface area contributed by atoms with Gasteiger partial charge in [-0.05, 0) is 57.0 Å². The van der Waals surface area contributed by atoms with Crippen LogP contribution in [0.2, 0.25) is 0 Å². The molecular weight excluding hydrogens is 386 g/mol. The Morgan fingerprint density at radius 3 is 2.25 bits per heavy atom. The van der Waals surface area contributed by atoms with Crippen molar-refractivity contribution in [2.75, 3.05) is 7.11 Å². The van der Waals surface area contributed by atoms with E-state index in [0.717, 1.165) is 26.0 Å². The molecule has 1 unspecified atom stereocenters. The molecule has 0 heterocycles. The monoisotopic (exact) mass is 399 g/mol. The highest BCUT2D eigenvalue weighted by atomic mass is 79.9. The van der Waals surface area contributed by atoms with Gasteiger partial charge in [0.1, 0.15) is 17.2 Å². The first-order valence-electron chi connectivity index (χ1n) is 6.08. The van der Waals surface area contributed by atoms with Crippen molar-refractivity contribution in [3.8, 4) is 17.2 Å². The minimum Gasteiger partial charge on any atom is -0.496 e. The average molecular weight is 401 g/mol. The number of methoxy groups -OCH3 is 1. The highest BCUT2D eigenvalue weighted by Gasteiger charge is 2.12. The summed E-state index contributed by atoms with van der Waals surface area (Å²) in [6, 6.07) is 11.4. The molecule has 0 fully saturated rings. The van der Waals surface area contributed by atoms with E-state index in [0.29, 0.717) is 5.75 Å². The van der Waals surface area contributed by atoms with Crippen LogP contribution in [0, 0.1) is 0 Å². The van der Waals surface area contributed by atoms with Crippen LogP contribution in [0.25, 0.3) is 0 Å². The van der Waals surface area contributed by atoms with E-state index in [1.165, 1.54) is 0 Å². The number of benzene rings is 2. The maximum Gasteiger partial charge on any atom is 0.143 e. The summed E-state index contributed by atoms with van der Waals surface area (Å²) in [4.78, 5) is 0. The van der Waals surface area contributed by atoms with E-state index in [1.54, 1.807) is 7.11 Å². The normalized spacial score (nSPS) is 12.1. The Labute approximate surface area is 135 Å². The van der Waals surface area contributed by atoms with Crippen LogP contribution in [0.5, 0.6) is 17.2 Å². The van der Waals surface area contributed by atoms with Gasteiger partial charge in [0.05, 0.1) is 16.1 Å². The van der Waals surface area contributed by atoms with Crippen LogP contribution in [0.15, 0.2) is 45.3 Å². The van der Waals surface area contributed by atoms with Gasteiger partial charge >= 0.3 is 0 Å². The minimum atomic E-state index is -0.0911. The molecule has 0 radical (unpaired) electrons. The number of para-hydroxylation sites is 1. The standard InChI is InChI=1S/C15H15Br2NO2/c1-9(18)10-5-3-4-6-13(10)20-15-8-11(16)14(19-2)7-12(15)17/h3-9H,18H2,1-2H3. The summed E-state index contributed by atoms with van der Waals surface area (Å²) in [6.07, 6.45) is 0. The maximum absolute atomic E-state index is 5.97. The van der Waals surface area contributed by atoms with Crippen molar-refractivity contribution in [1.29, 1.82) is 0 Å².